The van der Waals surface area contributed by atoms with Crippen LogP contribution in [0.5, 0.6) is 0 Å². The number of H-pyrrole nitrogens is 1. The molecule has 3 rings (SSSR count). The van der Waals surface area contributed by atoms with Gasteiger partial charge in [-0.3, -0.25) is 14.7 Å². The van der Waals surface area contributed by atoms with Gasteiger partial charge in [0.1, 0.15) is 11.7 Å². The number of aromatic nitrogens is 3. The van der Waals surface area contributed by atoms with Crippen LogP contribution in [-0.4, -0.2) is 69.3 Å². The summed E-state index contributed by atoms with van der Waals surface area (Å²) in [6.45, 7) is 8.99. The van der Waals surface area contributed by atoms with Crippen molar-refractivity contribution < 1.29 is 38.2 Å². The Balaban J connectivity index is 1.82. The Labute approximate surface area is 231 Å². The van der Waals surface area contributed by atoms with Crippen molar-refractivity contribution in [2.75, 3.05) is 13.7 Å². The highest BCUT2D eigenvalue weighted by atomic mass is 16.5. The van der Waals surface area contributed by atoms with E-state index in [1.165, 1.54) is 12.3 Å². The summed E-state index contributed by atoms with van der Waals surface area (Å²) in [5.74, 6) is -3.36. The first-order valence-electron chi connectivity index (χ1n) is 12.9. The molecular weight excluding hydrogens is 520 g/mol. The number of hydrogen-bond donors (Lipinski definition) is 3. The van der Waals surface area contributed by atoms with Crippen LogP contribution in [0.2, 0.25) is 0 Å². The largest absolute Gasteiger partial charge is 0.467 e. The molecule has 12 nitrogen and oxygen atoms in total. The molecule has 0 spiro atoms. The van der Waals surface area contributed by atoms with Crippen molar-refractivity contribution in [3.05, 3.63) is 48.0 Å². The molecule has 0 bridgehead atoms. The zero-order valence-corrected chi connectivity index (χ0v) is 23.3. The molecule has 0 aliphatic heterocycles. The number of hydrogen-bond acceptors (Lipinski definition) is 10. The van der Waals surface area contributed by atoms with Gasteiger partial charge in [-0.25, -0.2) is 14.6 Å². The summed E-state index contributed by atoms with van der Waals surface area (Å²) in [5.41, 5.74) is -0.967. The van der Waals surface area contributed by atoms with E-state index >= 15 is 0 Å². The molecule has 12 heteroatoms. The van der Waals surface area contributed by atoms with Crippen molar-refractivity contribution in [2.24, 2.45) is 11.8 Å². The lowest BCUT2D eigenvalue weighted by molar-refractivity contribution is -0.158. The number of benzene rings is 1. The van der Waals surface area contributed by atoms with E-state index in [1.807, 2.05) is 0 Å². The minimum absolute atomic E-state index is 0.0645. The summed E-state index contributed by atoms with van der Waals surface area (Å²) in [7, 11) is 1.10. The molecule has 2 atom stereocenters. The van der Waals surface area contributed by atoms with Gasteiger partial charge in [0.2, 0.25) is 23.0 Å². The maximum Gasteiger partial charge on any atom is 0.346 e. The summed E-state index contributed by atoms with van der Waals surface area (Å²) >= 11 is 0. The first kappa shape index (κ1) is 30.2. The number of carbonyl (C=O) groups is 4. The third-order valence-corrected chi connectivity index (χ3v) is 6.05. The van der Waals surface area contributed by atoms with Gasteiger partial charge in [-0.1, -0.05) is 39.8 Å². The lowest BCUT2D eigenvalue weighted by atomic mass is 9.87. The van der Waals surface area contributed by atoms with Crippen LogP contribution in [0.3, 0.4) is 0 Å². The van der Waals surface area contributed by atoms with E-state index in [1.54, 1.807) is 58.9 Å². The van der Waals surface area contributed by atoms with E-state index < -0.39 is 35.3 Å². The summed E-state index contributed by atoms with van der Waals surface area (Å²) in [4.78, 5) is 54.5. The maximum absolute atomic E-state index is 13.1. The van der Waals surface area contributed by atoms with Crippen molar-refractivity contribution >= 4 is 23.6 Å². The van der Waals surface area contributed by atoms with Crippen LogP contribution in [0.15, 0.2) is 40.9 Å². The normalized spacial score (nSPS) is 13.5. The molecule has 1 amide bonds. The molecule has 0 fully saturated rings. The Morgan fingerprint density at radius 3 is 2.45 bits per heavy atom. The smallest absolute Gasteiger partial charge is 0.346 e. The van der Waals surface area contributed by atoms with Crippen LogP contribution in [0.1, 0.15) is 62.1 Å². The number of oxazole rings is 1. The molecule has 0 unspecified atom stereocenters. The van der Waals surface area contributed by atoms with Crippen LogP contribution in [-0.2, 0) is 19.1 Å². The number of nitrogens with one attached hydrogen (secondary N) is 2. The fraction of sp³-hybridized carbons (Fsp3) is 0.429. The molecule has 1 aromatic carbocycles. The molecule has 40 heavy (non-hydrogen) atoms. The Kier molecular flexibility index (Phi) is 9.59. The second kappa shape index (κ2) is 12.7. The topological polar surface area (TPSA) is 174 Å². The highest BCUT2D eigenvalue weighted by Crippen LogP contribution is 2.28. The second-order valence-electron chi connectivity index (χ2n) is 10.0. The lowest BCUT2D eigenvalue weighted by Gasteiger charge is -2.24. The molecule has 0 aliphatic carbocycles. The van der Waals surface area contributed by atoms with Gasteiger partial charge < -0.3 is 24.3 Å². The minimum atomic E-state index is -2.36. The Morgan fingerprint density at radius 1 is 1.12 bits per heavy atom. The number of esters is 2. The van der Waals surface area contributed by atoms with Crippen molar-refractivity contribution in [3.63, 3.8) is 0 Å². The number of aromatic amines is 1. The van der Waals surface area contributed by atoms with Crippen molar-refractivity contribution in [2.45, 2.75) is 52.7 Å². The molecule has 0 radical (unpaired) electrons. The summed E-state index contributed by atoms with van der Waals surface area (Å²) in [5, 5.41) is 20.3. The summed E-state index contributed by atoms with van der Waals surface area (Å²) in [6, 6.07) is 7.42. The minimum Gasteiger partial charge on any atom is -0.467 e. The first-order chi connectivity index (χ1) is 18.9. The van der Waals surface area contributed by atoms with Crippen LogP contribution < -0.4 is 5.32 Å². The number of Topliss-reactive ketones (excluding diaryl/α,β-unsaturated/α-hetero) is 1. The van der Waals surface area contributed by atoms with E-state index in [-0.39, 0.29) is 42.2 Å². The Bertz CT molecular complexity index is 1380. The number of rotatable bonds is 12. The zero-order chi connectivity index (χ0) is 29.6. The molecule has 3 N–H and O–H groups in total. The molecule has 0 aliphatic rings. The molecule has 0 saturated heterocycles. The van der Waals surface area contributed by atoms with Gasteiger partial charge in [0, 0.05) is 11.1 Å². The van der Waals surface area contributed by atoms with Crippen LogP contribution >= 0.6 is 0 Å². The molecule has 214 valence electrons. The molecule has 0 saturated carbocycles. The van der Waals surface area contributed by atoms with Gasteiger partial charge in [0.25, 0.3) is 5.91 Å². The SMILES string of the molecule is CCOC(=O)[C@@H](NC(=O)c1cnc(-c2cccc(-c3cc(C(=O)[C@](O)(CC(C)C)C(=O)OC)[nH]n3)c2)o1)C(C)C. The second-order valence-corrected chi connectivity index (χ2v) is 10.0. The standard InChI is InChI=1S/C28H34N4O8/c1-7-39-26(35)22(16(4)5)30-24(34)21-14-29-25(40-21)18-10-8-9-17(11-18)19-12-20(32-31-19)23(33)28(37,13-15(2)3)27(36)38-6/h8-12,14-16,22,37H,7,13H2,1-6H3,(H,30,34)(H,31,32)/t22-,28+/m0/s1. The molecular formula is C28H34N4O8. The number of nitrogens with zero attached hydrogens (tertiary/aromatic N) is 2. The fourth-order valence-electron chi connectivity index (χ4n) is 4.10. The average Bonchev–Trinajstić information content (AvgIpc) is 3.61. The number of aliphatic hydroxyl groups is 1. The number of ether oxygens (including phenoxy) is 2. The van der Waals surface area contributed by atoms with Crippen molar-refractivity contribution in [3.8, 4) is 22.7 Å². The number of amides is 1. The van der Waals surface area contributed by atoms with E-state index in [2.05, 4.69) is 25.2 Å². The van der Waals surface area contributed by atoms with Gasteiger partial charge in [0.15, 0.2) is 0 Å². The third-order valence-electron chi connectivity index (χ3n) is 6.05. The Morgan fingerprint density at radius 2 is 1.82 bits per heavy atom. The number of methoxy groups -OCH3 is 1. The maximum atomic E-state index is 13.1. The van der Waals surface area contributed by atoms with Crippen LogP contribution in [0.25, 0.3) is 22.7 Å². The lowest BCUT2D eigenvalue weighted by Crippen LogP contribution is -2.48. The van der Waals surface area contributed by atoms with E-state index in [4.69, 9.17) is 9.15 Å². The Hall–Kier alpha value is -4.32. The first-order valence-corrected chi connectivity index (χ1v) is 12.9. The number of carbonyl (C=O) groups excluding carboxylic acids is 4. The average molecular weight is 555 g/mol. The quantitative estimate of drug-likeness (QED) is 0.171. The highest BCUT2D eigenvalue weighted by molar-refractivity contribution is 6.14. The molecule has 2 heterocycles. The fourth-order valence-corrected chi connectivity index (χ4v) is 4.10. The van der Waals surface area contributed by atoms with Gasteiger partial charge in [-0.05, 0) is 43.4 Å². The van der Waals surface area contributed by atoms with Gasteiger partial charge in [0.05, 0.1) is 25.6 Å². The van der Waals surface area contributed by atoms with Crippen LogP contribution in [0, 0.1) is 11.8 Å². The third kappa shape index (κ3) is 6.63. The van der Waals surface area contributed by atoms with E-state index in [0.29, 0.717) is 16.8 Å². The zero-order valence-electron chi connectivity index (χ0n) is 23.3. The van der Waals surface area contributed by atoms with Gasteiger partial charge in [-0.15, -0.1) is 0 Å². The van der Waals surface area contributed by atoms with Crippen molar-refractivity contribution in [1.82, 2.24) is 20.5 Å². The molecule has 2 aromatic heterocycles. The summed E-state index contributed by atoms with van der Waals surface area (Å²) < 4.78 is 15.4. The predicted octanol–water partition coefficient (Wildman–Crippen LogP) is 3.18. The predicted molar refractivity (Wildman–Crippen MR) is 143 cm³/mol. The molecule has 3 aromatic rings. The van der Waals surface area contributed by atoms with Crippen LogP contribution in [0.4, 0.5) is 0 Å². The van der Waals surface area contributed by atoms with Gasteiger partial charge >= 0.3 is 11.9 Å². The summed E-state index contributed by atoms with van der Waals surface area (Å²) in [6.07, 6.45) is 1.13. The highest BCUT2D eigenvalue weighted by Gasteiger charge is 2.46. The van der Waals surface area contributed by atoms with E-state index in [9.17, 15) is 24.3 Å². The monoisotopic (exact) mass is 554 g/mol. The van der Waals surface area contributed by atoms with Crippen molar-refractivity contribution in [1.29, 1.82) is 0 Å². The van der Waals surface area contributed by atoms with E-state index in [0.717, 1.165) is 7.11 Å². The number of ketones is 1. The van der Waals surface area contributed by atoms with Gasteiger partial charge in [-0.2, -0.15) is 5.10 Å².